The van der Waals surface area contributed by atoms with Crippen LogP contribution >= 0.6 is 0 Å². The number of nitro benzene ring substituents is 1. The number of non-ortho nitro benzene ring substituents is 1. The monoisotopic (exact) mass is 434 g/mol. The maximum absolute atomic E-state index is 11.6. The van der Waals surface area contributed by atoms with Crippen molar-refractivity contribution in [1.82, 2.24) is 5.32 Å². The van der Waals surface area contributed by atoms with Crippen molar-refractivity contribution in [3.63, 3.8) is 0 Å². The second kappa shape index (κ2) is 9.25. The van der Waals surface area contributed by atoms with Crippen LogP contribution in [0.3, 0.4) is 0 Å². The fraction of sp³-hybridized carbons (Fsp3) is 0.400. The minimum atomic E-state index is -4.85. The molecule has 0 unspecified atom stereocenters. The van der Waals surface area contributed by atoms with Gasteiger partial charge in [-0.1, -0.05) is 6.58 Å². The van der Waals surface area contributed by atoms with Crippen LogP contribution in [0, 0.1) is 10.1 Å². The lowest BCUT2D eigenvalue weighted by Gasteiger charge is -2.42. The Kier molecular flexibility index (Phi) is 7.23. The Balaban J connectivity index is 2.24. The lowest BCUT2D eigenvalue weighted by atomic mass is 9.97. The lowest BCUT2D eigenvalue weighted by Crippen LogP contribution is -2.65. The van der Waals surface area contributed by atoms with Crippen molar-refractivity contribution in [1.29, 1.82) is 0 Å². The summed E-state index contributed by atoms with van der Waals surface area (Å²) in [5.41, 5.74) is -0.215. The smallest absolute Gasteiger partial charge is 0.397 e. The molecule has 160 valence electrons. The topological polar surface area (TPSA) is 195 Å². The van der Waals surface area contributed by atoms with Crippen molar-refractivity contribution in [2.45, 2.75) is 30.6 Å². The van der Waals surface area contributed by atoms with Gasteiger partial charge >= 0.3 is 10.4 Å². The molecule has 1 aliphatic rings. The predicted molar refractivity (Wildman–Crippen MR) is 94.0 cm³/mol. The number of nitrogens with one attached hydrogen (secondary N) is 1. The fourth-order valence-corrected chi connectivity index (χ4v) is 2.79. The Morgan fingerprint density at radius 2 is 1.93 bits per heavy atom. The third-order valence-electron chi connectivity index (χ3n) is 3.88. The molecule has 5 atom stereocenters. The highest BCUT2D eigenvalue weighted by Crippen LogP contribution is 2.26. The van der Waals surface area contributed by atoms with E-state index in [0.29, 0.717) is 0 Å². The average molecular weight is 434 g/mol. The largest absolute Gasteiger partial charge is 0.463 e. The Morgan fingerprint density at radius 1 is 1.31 bits per heavy atom. The molecule has 14 heteroatoms. The number of hydrogen-bond donors (Lipinski definition) is 4. The van der Waals surface area contributed by atoms with Crippen LogP contribution < -0.4 is 10.1 Å². The van der Waals surface area contributed by atoms with Crippen LogP contribution in [0.15, 0.2) is 36.9 Å². The summed E-state index contributed by atoms with van der Waals surface area (Å²) in [5, 5.41) is 33.5. The van der Waals surface area contributed by atoms with Gasteiger partial charge in [0, 0.05) is 12.1 Å². The van der Waals surface area contributed by atoms with Crippen LogP contribution in [-0.4, -0.2) is 71.3 Å². The van der Waals surface area contributed by atoms with Gasteiger partial charge in [0.15, 0.2) is 0 Å². The van der Waals surface area contributed by atoms with E-state index in [9.17, 15) is 33.5 Å². The fourth-order valence-electron chi connectivity index (χ4n) is 2.48. The summed E-state index contributed by atoms with van der Waals surface area (Å²) < 4.78 is 45.2. The van der Waals surface area contributed by atoms with Gasteiger partial charge in [0.2, 0.25) is 12.2 Å². The van der Waals surface area contributed by atoms with E-state index < -0.39 is 58.5 Å². The van der Waals surface area contributed by atoms with Crippen LogP contribution in [0.1, 0.15) is 0 Å². The molecule has 0 bridgehead atoms. The first-order chi connectivity index (χ1) is 13.5. The SMILES string of the molecule is C=CC(=O)N[C@H]1[C@H](Oc2ccc([N+](=O)[O-])cc2)O[C@H](COS(=O)(=O)O)[C@@H](O)[C@@H]1O. The van der Waals surface area contributed by atoms with E-state index >= 15 is 0 Å². The zero-order valence-corrected chi connectivity index (χ0v) is 15.5. The first kappa shape index (κ1) is 22.7. The molecule has 1 amide bonds. The lowest BCUT2D eigenvalue weighted by molar-refractivity contribution is -0.384. The molecule has 1 heterocycles. The number of hydrogen-bond acceptors (Lipinski definition) is 10. The standard InChI is InChI=1S/C15H18N2O11S/c1-2-11(18)16-12-14(20)13(19)10(7-26-29(23,24)25)28-15(12)27-9-5-3-8(4-6-9)17(21)22/h2-6,10,12-15,19-20H,1,7H2,(H,16,18)(H,23,24,25)/t10-,12-,13-,14-,15-/m1/s1. The van der Waals surface area contributed by atoms with Gasteiger partial charge in [0.1, 0.15) is 30.1 Å². The van der Waals surface area contributed by atoms with E-state index in [4.69, 9.17) is 14.0 Å². The molecule has 1 aliphatic heterocycles. The number of benzene rings is 1. The Hall–Kier alpha value is -2.62. The number of carbonyl (C=O) groups excluding carboxylic acids is 1. The van der Waals surface area contributed by atoms with Crippen LogP contribution in [0.25, 0.3) is 0 Å². The van der Waals surface area contributed by atoms with E-state index in [-0.39, 0.29) is 11.4 Å². The third kappa shape index (κ3) is 6.18. The molecule has 0 spiro atoms. The zero-order valence-electron chi connectivity index (χ0n) is 14.7. The molecule has 13 nitrogen and oxygen atoms in total. The molecular weight excluding hydrogens is 416 g/mol. The predicted octanol–water partition coefficient (Wildman–Crippen LogP) is -1.09. The molecular formula is C15H18N2O11S. The minimum Gasteiger partial charge on any atom is -0.463 e. The van der Waals surface area contributed by atoms with Crippen molar-refractivity contribution in [2.24, 2.45) is 0 Å². The van der Waals surface area contributed by atoms with Crippen molar-refractivity contribution in [2.75, 3.05) is 6.61 Å². The number of nitro groups is 1. The number of aliphatic hydroxyl groups excluding tert-OH is 2. The van der Waals surface area contributed by atoms with E-state index in [1.54, 1.807) is 0 Å². The Labute approximate surface area is 164 Å². The van der Waals surface area contributed by atoms with E-state index in [0.717, 1.165) is 18.2 Å². The summed E-state index contributed by atoms with van der Waals surface area (Å²) in [6.45, 7) is 2.40. The second-order valence-corrected chi connectivity index (χ2v) is 6.93. The molecule has 1 aromatic rings. The van der Waals surface area contributed by atoms with Gasteiger partial charge in [-0.2, -0.15) is 8.42 Å². The highest BCUT2D eigenvalue weighted by atomic mass is 32.3. The van der Waals surface area contributed by atoms with Crippen molar-refractivity contribution in [3.8, 4) is 5.75 Å². The highest BCUT2D eigenvalue weighted by molar-refractivity contribution is 7.80. The van der Waals surface area contributed by atoms with E-state index in [1.165, 1.54) is 12.1 Å². The molecule has 0 saturated carbocycles. The maximum Gasteiger partial charge on any atom is 0.397 e. The summed E-state index contributed by atoms with van der Waals surface area (Å²) in [4.78, 5) is 21.7. The van der Waals surface area contributed by atoms with Crippen molar-refractivity contribution >= 4 is 22.0 Å². The van der Waals surface area contributed by atoms with Gasteiger partial charge in [0.05, 0.1) is 11.5 Å². The minimum absolute atomic E-state index is 0.0523. The van der Waals surface area contributed by atoms with Gasteiger partial charge in [0.25, 0.3) is 5.69 Å². The van der Waals surface area contributed by atoms with Gasteiger partial charge in [-0.05, 0) is 18.2 Å². The summed E-state index contributed by atoms with van der Waals surface area (Å²) >= 11 is 0. The first-order valence-corrected chi connectivity index (χ1v) is 9.36. The van der Waals surface area contributed by atoms with E-state index in [1.807, 2.05) is 0 Å². The molecule has 1 saturated heterocycles. The normalized spacial score (nSPS) is 27.1. The van der Waals surface area contributed by atoms with E-state index in [2.05, 4.69) is 16.1 Å². The molecule has 0 aliphatic carbocycles. The van der Waals surface area contributed by atoms with Crippen molar-refractivity contribution in [3.05, 3.63) is 47.0 Å². The van der Waals surface area contributed by atoms with Crippen LogP contribution in [0.2, 0.25) is 0 Å². The number of aliphatic hydroxyl groups is 2. The Morgan fingerprint density at radius 3 is 2.45 bits per heavy atom. The molecule has 1 aromatic carbocycles. The molecule has 1 fully saturated rings. The first-order valence-electron chi connectivity index (χ1n) is 7.99. The summed E-state index contributed by atoms with van der Waals surface area (Å²) in [5.74, 6) is -0.675. The number of rotatable bonds is 8. The summed E-state index contributed by atoms with van der Waals surface area (Å²) in [6.07, 6.45) is -5.44. The Bertz CT molecular complexity index is 858. The summed E-state index contributed by atoms with van der Waals surface area (Å²) in [7, 11) is -4.85. The van der Waals surface area contributed by atoms with Gasteiger partial charge in [-0.15, -0.1) is 0 Å². The number of ether oxygens (including phenoxy) is 2. The number of nitrogens with zero attached hydrogens (tertiary/aromatic N) is 1. The van der Waals surface area contributed by atoms with Crippen LogP contribution in [-0.2, 0) is 24.1 Å². The number of amides is 1. The maximum atomic E-state index is 11.6. The second-order valence-electron chi connectivity index (χ2n) is 5.84. The molecule has 2 rings (SSSR count). The van der Waals surface area contributed by atoms with Crippen LogP contribution in [0.4, 0.5) is 5.69 Å². The van der Waals surface area contributed by atoms with Gasteiger partial charge < -0.3 is 25.0 Å². The van der Waals surface area contributed by atoms with Crippen LogP contribution in [0.5, 0.6) is 5.75 Å². The van der Waals surface area contributed by atoms with Gasteiger partial charge in [-0.3, -0.25) is 19.5 Å². The molecule has 4 N–H and O–H groups in total. The van der Waals surface area contributed by atoms with Gasteiger partial charge in [-0.25, -0.2) is 4.18 Å². The average Bonchev–Trinajstić information content (AvgIpc) is 2.66. The molecule has 29 heavy (non-hydrogen) atoms. The quantitative estimate of drug-likeness (QED) is 0.168. The zero-order chi connectivity index (χ0) is 21.8. The third-order valence-corrected chi connectivity index (χ3v) is 4.31. The molecule has 0 aromatic heterocycles. The molecule has 0 radical (unpaired) electrons. The number of carbonyl (C=O) groups is 1. The van der Waals surface area contributed by atoms with Crippen molar-refractivity contribution < 1.29 is 46.6 Å². The highest BCUT2D eigenvalue weighted by Gasteiger charge is 2.46. The summed E-state index contributed by atoms with van der Waals surface area (Å²) in [6, 6.07) is 3.41.